The van der Waals surface area contributed by atoms with Gasteiger partial charge in [0.2, 0.25) is 11.8 Å². The number of carbonyl (C=O) groups excluding carboxylic acids is 3. The lowest BCUT2D eigenvalue weighted by Gasteiger charge is -2.47. The smallest absolute Gasteiger partial charge is 0.350 e. The number of carbonyl (C=O) groups is 3. The molecule has 0 spiro atoms. The molecule has 304 valence electrons. The fourth-order valence-electron chi connectivity index (χ4n) is 9.16. The first-order valence-electron chi connectivity index (χ1n) is 20.3. The zero-order valence-electron chi connectivity index (χ0n) is 33.7. The lowest BCUT2D eigenvalue weighted by molar-refractivity contribution is -0.134. The maximum atomic E-state index is 13.7. The number of imide groups is 1. The van der Waals surface area contributed by atoms with E-state index in [0.717, 1.165) is 88.5 Å². The van der Waals surface area contributed by atoms with Crippen molar-refractivity contribution in [3.8, 4) is 16.8 Å². The number of pyridine rings is 2. The monoisotopic (exact) mass is 804 g/mol. The van der Waals surface area contributed by atoms with Crippen LogP contribution in [0.25, 0.3) is 33.3 Å². The summed E-state index contributed by atoms with van der Waals surface area (Å²) in [6.45, 7) is 6.50. The summed E-state index contributed by atoms with van der Waals surface area (Å²) in [7, 11) is 3.54. The third-order valence-electron chi connectivity index (χ3n) is 12.6. The minimum absolute atomic E-state index is 0.136. The quantitative estimate of drug-likeness (QED) is 0.222. The largest absolute Gasteiger partial charge is 0.368 e. The third kappa shape index (κ3) is 6.34. The highest BCUT2D eigenvalue weighted by molar-refractivity contribution is 6.06. The second-order valence-electron chi connectivity index (χ2n) is 16.0. The number of piperidine rings is 1. The molecule has 3 fully saturated rings. The first-order valence-corrected chi connectivity index (χ1v) is 20.3. The second-order valence-corrected chi connectivity index (χ2v) is 16.0. The van der Waals surface area contributed by atoms with Gasteiger partial charge in [-0.15, -0.1) is 0 Å². The van der Waals surface area contributed by atoms with E-state index >= 15 is 0 Å². The molecule has 0 aliphatic carbocycles. The van der Waals surface area contributed by atoms with Crippen LogP contribution in [0.5, 0.6) is 0 Å². The highest BCUT2D eigenvalue weighted by Crippen LogP contribution is 2.39. The summed E-state index contributed by atoms with van der Waals surface area (Å²) in [5.41, 5.74) is 9.16. The summed E-state index contributed by atoms with van der Waals surface area (Å²) in [4.78, 5) is 68.4. The molecule has 10 rings (SSSR count). The Morgan fingerprint density at radius 2 is 1.63 bits per heavy atom. The van der Waals surface area contributed by atoms with Gasteiger partial charge in [0.1, 0.15) is 12.1 Å². The van der Waals surface area contributed by atoms with E-state index in [2.05, 4.69) is 61.6 Å². The van der Waals surface area contributed by atoms with Crippen LogP contribution in [0, 0.1) is 6.92 Å². The summed E-state index contributed by atoms with van der Waals surface area (Å²) in [5, 5.41) is 12.3. The highest BCUT2D eigenvalue weighted by atomic mass is 16.2. The van der Waals surface area contributed by atoms with Crippen LogP contribution < -0.4 is 25.7 Å². The summed E-state index contributed by atoms with van der Waals surface area (Å²) in [5.74, 6) is -0.321. The number of fused-ring (bicyclic) bond motifs is 1. The van der Waals surface area contributed by atoms with Crippen LogP contribution in [-0.2, 0) is 23.7 Å². The van der Waals surface area contributed by atoms with Crippen molar-refractivity contribution >= 4 is 51.5 Å². The zero-order valence-corrected chi connectivity index (χ0v) is 33.7. The van der Waals surface area contributed by atoms with Crippen molar-refractivity contribution in [2.45, 2.75) is 38.1 Å². The summed E-state index contributed by atoms with van der Waals surface area (Å²) < 4.78 is 4.71. The van der Waals surface area contributed by atoms with E-state index in [-0.39, 0.29) is 23.5 Å². The first-order chi connectivity index (χ1) is 29.1. The molecule has 0 bridgehead atoms. The molecule has 8 heterocycles. The predicted octanol–water partition coefficient (Wildman–Crippen LogP) is 4.17. The second kappa shape index (κ2) is 14.7. The molecule has 4 amide bonds. The molecule has 2 aromatic carbocycles. The van der Waals surface area contributed by atoms with Crippen LogP contribution in [-0.4, -0.2) is 102 Å². The predicted molar refractivity (Wildman–Crippen MR) is 227 cm³/mol. The van der Waals surface area contributed by atoms with E-state index < -0.39 is 5.92 Å². The van der Waals surface area contributed by atoms with Crippen molar-refractivity contribution < 1.29 is 14.4 Å². The molecule has 60 heavy (non-hydrogen) atoms. The number of aryl methyl sites for hydroxylation is 2. The Balaban J connectivity index is 0.894. The maximum absolute atomic E-state index is 13.7. The molecule has 1 atom stereocenters. The van der Waals surface area contributed by atoms with Crippen molar-refractivity contribution in [2.75, 3.05) is 54.0 Å². The highest BCUT2D eigenvalue weighted by Gasteiger charge is 2.36. The number of nitrogens with one attached hydrogen (secondary N) is 1. The number of aromatic nitrogens is 7. The van der Waals surface area contributed by atoms with Crippen LogP contribution in [0.4, 0.5) is 22.0 Å². The Labute approximate surface area is 345 Å². The minimum atomic E-state index is -0.434. The number of hydrogen-bond donors (Lipinski definition) is 1. The van der Waals surface area contributed by atoms with Gasteiger partial charge in [-0.05, 0) is 96.1 Å². The van der Waals surface area contributed by atoms with Gasteiger partial charge in [-0.25, -0.2) is 23.8 Å². The maximum Gasteiger partial charge on any atom is 0.350 e. The van der Waals surface area contributed by atoms with Gasteiger partial charge in [0.15, 0.2) is 0 Å². The molecule has 16 heteroatoms. The molecule has 0 radical (unpaired) electrons. The minimum Gasteiger partial charge on any atom is -0.368 e. The molecule has 4 aliphatic heterocycles. The lowest BCUT2D eigenvalue weighted by atomic mass is 9.89. The Kier molecular flexibility index (Phi) is 9.15. The normalized spacial score (nSPS) is 19.0. The van der Waals surface area contributed by atoms with E-state index in [1.165, 1.54) is 10.3 Å². The van der Waals surface area contributed by atoms with E-state index in [9.17, 15) is 19.2 Å². The number of urea groups is 1. The van der Waals surface area contributed by atoms with Crippen LogP contribution in [0.2, 0.25) is 0 Å². The van der Waals surface area contributed by atoms with Crippen molar-refractivity contribution in [3.63, 3.8) is 0 Å². The molecular weight excluding hydrogens is 761 g/mol. The van der Waals surface area contributed by atoms with E-state index in [1.807, 2.05) is 42.9 Å². The third-order valence-corrected chi connectivity index (χ3v) is 12.6. The van der Waals surface area contributed by atoms with Crippen LogP contribution in [0.3, 0.4) is 0 Å². The Morgan fingerprint density at radius 3 is 2.38 bits per heavy atom. The zero-order chi connectivity index (χ0) is 41.2. The van der Waals surface area contributed by atoms with Gasteiger partial charge in [-0.2, -0.15) is 10.2 Å². The number of anilines is 3. The lowest BCUT2D eigenvalue weighted by Crippen LogP contribution is -2.60. The summed E-state index contributed by atoms with van der Waals surface area (Å²) in [6, 6.07) is 18.4. The summed E-state index contributed by atoms with van der Waals surface area (Å²) in [6.07, 6.45) is 10.6. The fraction of sp³-hybridized carbons (Fsp3) is 0.318. The van der Waals surface area contributed by atoms with Gasteiger partial charge in [-0.3, -0.25) is 39.3 Å². The van der Waals surface area contributed by atoms with Crippen LogP contribution in [0.1, 0.15) is 42.0 Å². The molecule has 3 saturated heterocycles. The van der Waals surface area contributed by atoms with Gasteiger partial charge >= 0.3 is 11.7 Å². The molecule has 6 aromatic rings. The summed E-state index contributed by atoms with van der Waals surface area (Å²) >= 11 is 0. The van der Waals surface area contributed by atoms with Gasteiger partial charge in [0, 0.05) is 89.3 Å². The van der Waals surface area contributed by atoms with Gasteiger partial charge < -0.3 is 4.90 Å². The molecular formula is C44H44N12O4. The Bertz CT molecular complexity index is 2800. The van der Waals surface area contributed by atoms with Crippen molar-refractivity contribution in [3.05, 3.63) is 113 Å². The van der Waals surface area contributed by atoms with Gasteiger partial charge in [0.25, 0.3) is 0 Å². The van der Waals surface area contributed by atoms with E-state index in [4.69, 9.17) is 10.1 Å². The average Bonchev–Trinajstić information content (AvgIpc) is 3.90. The number of benzene rings is 2. The molecule has 1 unspecified atom stereocenters. The molecule has 4 aliphatic rings. The van der Waals surface area contributed by atoms with Crippen molar-refractivity contribution in [1.29, 1.82) is 0 Å². The molecule has 16 nitrogen and oxygen atoms in total. The Hall–Kier alpha value is -6.94. The molecule has 4 aromatic heterocycles. The number of hydrogen-bond acceptors (Lipinski definition) is 10. The number of rotatable bonds is 8. The molecule has 0 saturated carbocycles. The van der Waals surface area contributed by atoms with Crippen LogP contribution in [0.15, 0.2) is 90.4 Å². The Morgan fingerprint density at radius 1 is 0.800 bits per heavy atom. The average molecular weight is 805 g/mol. The molecule has 1 N–H and O–H groups in total. The van der Waals surface area contributed by atoms with Crippen molar-refractivity contribution in [1.82, 2.24) is 44.3 Å². The topological polar surface area (TPSA) is 160 Å². The number of nitrogens with zero attached hydrogens (tertiary/aromatic N) is 11. The standard InChI is InChI=1S/C44H44N12O4/c1-27-33(12-16-46-41(27)55-20-19-54(44(55)60)31-5-4-15-45-23-31)34-8-7-30(56-26-47-51(3)43(56)59)21-37(34)28-13-17-52(18-14-28)32-24-53(25-32)29-6-9-35-38(22-29)50(2)49-40(35)36-10-11-39(57)48-42(36)58/h4-9,12-13,15-16,21-23,26,32,36H,10-11,14,17-20,24-25H2,1-3H3,(H,48,57,58). The van der Waals surface area contributed by atoms with Gasteiger partial charge in [0.05, 0.1) is 34.7 Å². The van der Waals surface area contributed by atoms with E-state index in [0.29, 0.717) is 37.8 Å². The van der Waals surface area contributed by atoms with Crippen LogP contribution >= 0.6 is 0 Å². The fourth-order valence-corrected chi connectivity index (χ4v) is 9.16. The number of amides is 4. The van der Waals surface area contributed by atoms with Gasteiger partial charge in [-0.1, -0.05) is 12.1 Å². The van der Waals surface area contributed by atoms with Crippen molar-refractivity contribution in [2.24, 2.45) is 14.1 Å². The first kappa shape index (κ1) is 37.3. The SMILES string of the molecule is Cc1c(-c2ccc(-n3cnn(C)c3=O)cc2C2=CCN(C3CN(c4ccc5c(C6CCC(=O)NC6=O)nn(C)c5c4)C3)CC2)ccnc1N1CCN(c2cccnc2)C1=O. The van der Waals surface area contributed by atoms with E-state index in [1.54, 1.807) is 46.3 Å².